The van der Waals surface area contributed by atoms with Crippen LogP contribution < -0.4 is 27.8 Å². The molecule has 188 valence electrons. The number of hydrazine groups is 2. The van der Waals surface area contributed by atoms with E-state index in [0.29, 0.717) is 6.54 Å². The lowest BCUT2D eigenvalue weighted by Crippen LogP contribution is -3.00. The second-order valence-electron chi connectivity index (χ2n) is 8.05. The Kier molecular flexibility index (Phi) is 11.4. The fourth-order valence-electron chi connectivity index (χ4n) is 4.03. The average molecular weight is 537 g/mol. The van der Waals surface area contributed by atoms with Gasteiger partial charge in [0.25, 0.3) is 0 Å². The van der Waals surface area contributed by atoms with Crippen LogP contribution in [0.5, 0.6) is 0 Å². The molecule has 0 aromatic heterocycles. The number of hydrogen-bond donors (Lipinski definition) is 2. The number of benzene rings is 2. The summed E-state index contributed by atoms with van der Waals surface area (Å²) in [6.45, 7) is 4.74. The molecule has 1 aliphatic heterocycles. The van der Waals surface area contributed by atoms with Crippen molar-refractivity contribution >= 4 is 5.84 Å². The van der Waals surface area contributed by atoms with Crippen molar-refractivity contribution in [3.05, 3.63) is 71.8 Å². The van der Waals surface area contributed by atoms with Gasteiger partial charge in [-0.05, 0) is 25.0 Å². The summed E-state index contributed by atoms with van der Waals surface area (Å²) in [4.78, 5) is 0. The minimum Gasteiger partial charge on any atom is -1.00 e. The highest BCUT2D eigenvalue weighted by Crippen LogP contribution is 2.23. The number of hydrogen-bond acceptors (Lipinski definition) is 7. The first-order valence-corrected chi connectivity index (χ1v) is 11.2. The maximum Gasteiger partial charge on any atom is 0.319 e. The van der Waals surface area contributed by atoms with Crippen molar-refractivity contribution < 1.29 is 40.6 Å². The van der Waals surface area contributed by atoms with Gasteiger partial charge in [-0.2, -0.15) is 5.01 Å². The third kappa shape index (κ3) is 6.56. The summed E-state index contributed by atoms with van der Waals surface area (Å²) in [7, 11) is 6.72. The van der Waals surface area contributed by atoms with Crippen molar-refractivity contribution in [2.75, 3.05) is 28.4 Å². The molecule has 4 atom stereocenters. The van der Waals surface area contributed by atoms with Gasteiger partial charge in [0.15, 0.2) is 12.4 Å². The molecule has 1 heterocycles. The van der Waals surface area contributed by atoms with Gasteiger partial charge in [-0.1, -0.05) is 60.7 Å². The van der Waals surface area contributed by atoms with Gasteiger partial charge < -0.3 is 35.9 Å². The second-order valence-corrected chi connectivity index (χ2v) is 8.05. The standard InChI is InChI=1S/C25H37N4O4.BrH/c1-18(30-3)23-27-28(17-20-13-9-7-10-14-20)24(19(2)31-4)29(23)26-22(25(32-5)33-6)21-15-11-8-12-16-21;/h7-16,18-19,22-23,25-27H,17H2,1-6H3;1H/q+1;/p-1/t18-,19-,22+,23?;/m0./s1. The number of hydrazone groups is 1. The molecule has 0 spiro atoms. The first-order valence-electron chi connectivity index (χ1n) is 11.2. The van der Waals surface area contributed by atoms with E-state index in [1.807, 2.05) is 50.2 Å². The summed E-state index contributed by atoms with van der Waals surface area (Å²) >= 11 is 0. The molecule has 2 aromatic carbocycles. The van der Waals surface area contributed by atoms with E-state index in [0.717, 1.165) is 11.4 Å². The van der Waals surface area contributed by atoms with Crippen molar-refractivity contribution in [2.24, 2.45) is 0 Å². The Morgan fingerprint density at radius 3 is 2.00 bits per heavy atom. The Morgan fingerprint density at radius 2 is 1.47 bits per heavy atom. The van der Waals surface area contributed by atoms with Crippen LogP contribution in [0.4, 0.5) is 0 Å². The monoisotopic (exact) mass is 536 g/mol. The Hall–Kier alpha value is -2.01. The van der Waals surface area contributed by atoms with Crippen LogP contribution >= 0.6 is 0 Å². The Morgan fingerprint density at radius 1 is 0.882 bits per heavy atom. The number of amidine groups is 1. The number of nitrogens with one attached hydrogen (secondary N) is 2. The lowest BCUT2D eigenvalue weighted by molar-refractivity contribution is -0.637. The highest BCUT2D eigenvalue weighted by atomic mass is 79.9. The van der Waals surface area contributed by atoms with E-state index < -0.39 is 6.29 Å². The lowest BCUT2D eigenvalue weighted by atomic mass is 10.1. The molecule has 0 amide bonds. The zero-order chi connectivity index (χ0) is 23.8. The molecule has 1 unspecified atom stereocenters. The molecule has 0 saturated heterocycles. The normalized spacial score (nSPS) is 18.6. The van der Waals surface area contributed by atoms with E-state index in [-0.39, 0.29) is 41.4 Å². The van der Waals surface area contributed by atoms with Gasteiger partial charge in [-0.25, -0.2) is 5.43 Å². The Balaban J connectivity index is 0.00000408. The third-order valence-electron chi connectivity index (χ3n) is 5.98. The summed E-state index contributed by atoms with van der Waals surface area (Å²) < 4.78 is 25.0. The molecule has 0 bridgehead atoms. The SMILES string of the molecule is COC(OC)[C@H](N[N+]1=C([C@H](C)OC)N(Cc2ccccc2)NC1[C@H](C)OC)c1ccccc1.[Br-]. The molecule has 0 radical (unpaired) electrons. The number of ether oxygens (including phenoxy) is 4. The first-order chi connectivity index (χ1) is 16.0. The van der Waals surface area contributed by atoms with Gasteiger partial charge in [-0.3, -0.25) is 0 Å². The molecule has 1 aliphatic rings. The molecule has 2 N–H and O–H groups in total. The average Bonchev–Trinajstić information content (AvgIpc) is 3.21. The van der Waals surface area contributed by atoms with E-state index in [4.69, 9.17) is 18.9 Å². The van der Waals surface area contributed by atoms with Crippen molar-refractivity contribution in [2.45, 2.75) is 51.1 Å². The molecule has 2 aromatic rings. The number of nitrogens with zero attached hydrogens (tertiary/aromatic N) is 2. The number of methoxy groups -OCH3 is 4. The molecule has 0 aliphatic carbocycles. The van der Waals surface area contributed by atoms with E-state index in [2.05, 4.69) is 44.8 Å². The zero-order valence-electron chi connectivity index (χ0n) is 20.8. The van der Waals surface area contributed by atoms with Gasteiger partial charge in [0.2, 0.25) is 6.17 Å². The molecular weight excluding hydrogens is 500 g/mol. The molecule has 0 fully saturated rings. The molecule has 0 saturated carbocycles. The second kappa shape index (κ2) is 13.8. The molecule has 3 rings (SSSR count). The fourth-order valence-corrected chi connectivity index (χ4v) is 4.03. The maximum absolute atomic E-state index is 5.79. The van der Waals surface area contributed by atoms with Crippen LogP contribution in [0.15, 0.2) is 60.7 Å². The fraction of sp³-hybridized carbons (Fsp3) is 0.480. The predicted molar refractivity (Wildman–Crippen MR) is 127 cm³/mol. The minimum atomic E-state index is -0.506. The summed E-state index contributed by atoms with van der Waals surface area (Å²) in [6.07, 6.45) is -1.01. The van der Waals surface area contributed by atoms with Crippen LogP contribution in [0.2, 0.25) is 0 Å². The van der Waals surface area contributed by atoms with E-state index in [9.17, 15) is 0 Å². The molecule has 9 heteroatoms. The zero-order valence-corrected chi connectivity index (χ0v) is 22.4. The van der Waals surface area contributed by atoms with Crippen molar-refractivity contribution in [3.8, 4) is 0 Å². The lowest BCUT2D eigenvalue weighted by Gasteiger charge is -2.28. The van der Waals surface area contributed by atoms with Crippen molar-refractivity contribution in [1.29, 1.82) is 0 Å². The topological polar surface area (TPSA) is 67.2 Å². The van der Waals surface area contributed by atoms with Crippen LogP contribution in [0.3, 0.4) is 0 Å². The third-order valence-corrected chi connectivity index (χ3v) is 5.98. The molecular formula is C25H37BrN4O4. The van der Waals surface area contributed by atoms with Gasteiger partial charge >= 0.3 is 5.84 Å². The highest BCUT2D eigenvalue weighted by molar-refractivity contribution is 5.82. The van der Waals surface area contributed by atoms with Crippen LogP contribution in [0.1, 0.15) is 31.0 Å². The predicted octanol–water partition coefficient (Wildman–Crippen LogP) is -0.317. The summed E-state index contributed by atoms with van der Waals surface area (Å²) in [6, 6.07) is 20.2. The number of halogens is 1. The van der Waals surface area contributed by atoms with Crippen molar-refractivity contribution in [3.63, 3.8) is 0 Å². The molecule has 8 nitrogen and oxygen atoms in total. The Bertz CT molecular complexity index is 883. The van der Waals surface area contributed by atoms with E-state index >= 15 is 0 Å². The first kappa shape index (κ1) is 28.2. The Labute approximate surface area is 213 Å². The van der Waals surface area contributed by atoms with Crippen LogP contribution in [0, 0.1) is 0 Å². The van der Waals surface area contributed by atoms with Gasteiger partial charge in [0.05, 0.1) is 0 Å². The molecule has 34 heavy (non-hydrogen) atoms. The van der Waals surface area contributed by atoms with Crippen LogP contribution in [0.25, 0.3) is 0 Å². The largest absolute Gasteiger partial charge is 1.00 e. The van der Waals surface area contributed by atoms with Crippen LogP contribution in [-0.2, 0) is 25.5 Å². The summed E-state index contributed by atoms with van der Waals surface area (Å²) in [5.74, 6) is 0.946. The summed E-state index contributed by atoms with van der Waals surface area (Å²) in [5.41, 5.74) is 9.50. The van der Waals surface area contributed by atoms with E-state index in [1.165, 1.54) is 5.56 Å². The van der Waals surface area contributed by atoms with Gasteiger partial charge in [-0.15, -0.1) is 10.1 Å². The minimum absolute atomic E-state index is 0. The van der Waals surface area contributed by atoms with Gasteiger partial charge in [0, 0.05) is 28.4 Å². The quantitative estimate of drug-likeness (QED) is 0.284. The van der Waals surface area contributed by atoms with Crippen LogP contribution in [-0.4, -0.2) is 68.6 Å². The number of rotatable bonds is 12. The van der Waals surface area contributed by atoms with E-state index in [1.54, 1.807) is 28.4 Å². The summed E-state index contributed by atoms with van der Waals surface area (Å²) in [5, 5.41) is 2.12. The highest BCUT2D eigenvalue weighted by Gasteiger charge is 2.46. The smallest absolute Gasteiger partial charge is 0.319 e. The van der Waals surface area contributed by atoms with Gasteiger partial charge in [0.1, 0.15) is 18.7 Å². The maximum atomic E-state index is 5.79. The van der Waals surface area contributed by atoms with Crippen molar-refractivity contribution in [1.82, 2.24) is 15.9 Å².